The highest BCUT2D eigenvalue weighted by Gasteiger charge is 2.22. The Kier molecular flexibility index (Phi) is 5.06. The largest absolute Gasteiger partial charge is 0.348 e. The van der Waals surface area contributed by atoms with Gasteiger partial charge >= 0.3 is 0 Å². The molecule has 1 atom stereocenters. The lowest BCUT2D eigenvalue weighted by molar-refractivity contribution is -0.197. The van der Waals surface area contributed by atoms with Gasteiger partial charge < -0.3 is 9.47 Å². The van der Waals surface area contributed by atoms with Gasteiger partial charge in [0, 0.05) is 11.5 Å². The fourth-order valence-corrected chi connectivity index (χ4v) is 3.12. The van der Waals surface area contributed by atoms with E-state index in [0.29, 0.717) is 31.5 Å². The van der Waals surface area contributed by atoms with Crippen LogP contribution in [0.4, 0.5) is 4.39 Å². The number of halogens is 1. The Labute approximate surface area is 131 Å². The predicted octanol–water partition coefficient (Wildman–Crippen LogP) is 5.05. The van der Waals surface area contributed by atoms with Crippen LogP contribution in [0.1, 0.15) is 49.5 Å². The standard InChI is InChI=1S/C19H23FO2/c1-2-3-14-12-21-19(22-13-14)17-6-4-15(5-7-17)16-8-10-18(20)11-9-16/h2-7,10,14,16,19H,8-9,11-13H2,1H3. The van der Waals surface area contributed by atoms with E-state index in [9.17, 15) is 4.39 Å². The Balaban J connectivity index is 1.60. The van der Waals surface area contributed by atoms with E-state index < -0.39 is 0 Å². The summed E-state index contributed by atoms with van der Waals surface area (Å²) >= 11 is 0. The van der Waals surface area contributed by atoms with E-state index in [0.717, 1.165) is 18.4 Å². The van der Waals surface area contributed by atoms with Crippen molar-refractivity contribution in [1.29, 1.82) is 0 Å². The number of allylic oxidation sites excluding steroid dienone is 3. The van der Waals surface area contributed by atoms with Gasteiger partial charge in [-0.3, -0.25) is 0 Å². The second-order valence-corrected chi connectivity index (χ2v) is 6.07. The first-order valence-corrected chi connectivity index (χ1v) is 8.06. The topological polar surface area (TPSA) is 18.5 Å². The fraction of sp³-hybridized carbons (Fsp3) is 0.474. The van der Waals surface area contributed by atoms with Crippen LogP contribution in [0, 0.1) is 5.92 Å². The highest BCUT2D eigenvalue weighted by atomic mass is 19.1. The molecule has 2 aliphatic rings. The second-order valence-electron chi connectivity index (χ2n) is 6.07. The summed E-state index contributed by atoms with van der Waals surface area (Å²) in [5.41, 5.74) is 2.33. The molecule has 1 unspecified atom stereocenters. The van der Waals surface area contributed by atoms with Crippen LogP contribution in [0.3, 0.4) is 0 Å². The van der Waals surface area contributed by atoms with Crippen molar-refractivity contribution in [3.05, 3.63) is 59.4 Å². The van der Waals surface area contributed by atoms with Crippen molar-refractivity contribution < 1.29 is 13.9 Å². The summed E-state index contributed by atoms with van der Waals surface area (Å²) in [5.74, 6) is 0.817. The van der Waals surface area contributed by atoms with Crippen LogP contribution in [-0.2, 0) is 9.47 Å². The molecule has 0 bridgehead atoms. The lowest BCUT2D eigenvalue weighted by Gasteiger charge is -2.28. The molecule has 1 aromatic rings. The summed E-state index contributed by atoms with van der Waals surface area (Å²) in [6, 6.07) is 8.40. The van der Waals surface area contributed by atoms with E-state index in [4.69, 9.17) is 9.47 Å². The molecule has 22 heavy (non-hydrogen) atoms. The van der Waals surface area contributed by atoms with Gasteiger partial charge in [-0.2, -0.15) is 0 Å². The van der Waals surface area contributed by atoms with Gasteiger partial charge in [0.1, 0.15) is 0 Å². The smallest absolute Gasteiger partial charge is 0.183 e. The first-order chi connectivity index (χ1) is 10.8. The maximum absolute atomic E-state index is 13.1. The molecule has 0 saturated carbocycles. The molecule has 1 heterocycles. The van der Waals surface area contributed by atoms with Gasteiger partial charge in [0.2, 0.25) is 0 Å². The van der Waals surface area contributed by atoms with Gasteiger partial charge in [0.05, 0.1) is 19.0 Å². The molecule has 1 fully saturated rings. The normalized spacial score (nSPS) is 29.5. The zero-order chi connectivity index (χ0) is 15.4. The molecule has 0 radical (unpaired) electrons. The molecular weight excluding hydrogens is 279 g/mol. The van der Waals surface area contributed by atoms with Crippen LogP contribution in [0.5, 0.6) is 0 Å². The van der Waals surface area contributed by atoms with Crippen molar-refractivity contribution in [2.75, 3.05) is 13.2 Å². The third-order valence-corrected chi connectivity index (χ3v) is 4.42. The summed E-state index contributed by atoms with van der Waals surface area (Å²) in [7, 11) is 0. The van der Waals surface area contributed by atoms with E-state index in [1.54, 1.807) is 6.08 Å². The highest BCUT2D eigenvalue weighted by molar-refractivity contribution is 5.28. The maximum atomic E-state index is 13.1. The molecule has 0 aromatic heterocycles. The SMILES string of the molecule is CC=CC1COC(c2ccc(C3CC=C(F)CC3)cc2)OC1. The fourth-order valence-electron chi connectivity index (χ4n) is 3.12. The molecule has 1 saturated heterocycles. The maximum Gasteiger partial charge on any atom is 0.183 e. The number of rotatable bonds is 3. The quantitative estimate of drug-likeness (QED) is 0.728. The van der Waals surface area contributed by atoms with E-state index in [1.807, 2.05) is 13.0 Å². The van der Waals surface area contributed by atoms with E-state index in [1.165, 1.54) is 5.56 Å². The summed E-state index contributed by atoms with van der Waals surface area (Å²) in [4.78, 5) is 0. The molecule has 0 N–H and O–H groups in total. The molecular formula is C19H23FO2. The van der Waals surface area contributed by atoms with Gasteiger partial charge in [-0.25, -0.2) is 4.39 Å². The molecule has 118 valence electrons. The van der Waals surface area contributed by atoms with Crippen LogP contribution in [0.15, 0.2) is 48.3 Å². The van der Waals surface area contributed by atoms with Gasteiger partial charge in [-0.05, 0) is 37.7 Å². The molecule has 3 heteroatoms. The van der Waals surface area contributed by atoms with E-state index in [-0.39, 0.29) is 12.1 Å². The number of hydrogen-bond donors (Lipinski definition) is 0. The van der Waals surface area contributed by atoms with E-state index in [2.05, 4.69) is 30.3 Å². The number of ether oxygens (including phenoxy) is 2. The van der Waals surface area contributed by atoms with Crippen molar-refractivity contribution in [2.45, 2.75) is 38.4 Å². The Morgan fingerprint density at radius 1 is 1.09 bits per heavy atom. The minimum absolute atomic E-state index is 0.0348. The zero-order valence-electron chi connectivity index (χ0n) is 13.0. The Morgan fingerprint density at radius 2 is 1.77 bits per heavy atom. The average molecular weight is 302 g/mol. The van der Waals surface area contributed by atoms with Crippen LogP contribution in [0.2, 0.25) is 0 Å². The van der Waals surface area contributed by atoms with E-state index >= 15 is 0 Å². The monoisotopic (exact) mass is 302 g/mol. The predicted molar refractivity (Wildman–Crippen MR) is 85.2 cm³/mol. The van der Waals surface area contributed by atoms with Crippen LogP contribution >= 0.6 is 0 Å². The first kappa shape index (κ1) is 15.4. The molecule has 2 nitrogen and oxygen atoms in total. The van der Waals surface area contributed by atoms with Gasteiger partial charge in [0.15, 0.2) is 6.29 Å². The van der Waals surface area contributed by atoms with Gasteiger partial charge in [0.25, 0.3) is 0 Å². The third kappa shape index (κ3) is 3.65. The van der Waals surface area contributed by atoms with Gasteiger partial charge in [-0.1, -0.05) is 42.5 Å². The minimum Gasteiger partial charge on any atom is -0.348 e. The lowest BCUT2D eigenvalue weighted by atomic mass is 9.87. The van der Waals surface area contributed by atoms with Crippen molar-refractivity contribution in [2.24, 2.45) is 5.92 Å². The zero-order valence-corrected chi connectivity index (χ0v) is 13.0. The molecule has 1 aliphatic carbocycles. The third-order valence-electron chi connectivity index (χ3n) is 4.42. The molecule has 3 rings (SSSR count). The molecule has 0 amide bonds. The summed E-state index contributed by atoms with van der Waals surface area (Å²) < 4.78 is 24.7. The van der Waals surface area contributed by atoms with Crippen LogP contribution < -0.4 is 0 Å². The van der Waals surface area contributed by atoms with Gasteiger partial charge in [-0.15, -0.1) is 0 Å². The van der Waals surface area contributed by atoms with Crippen LogP contribution in [0.25, 0.3) is 0 Å². The Hall–Kier alpha value is -1.45. The van der Waals surface area contributed by atoms with Crippen molar-refractivity contribution >= 4 is 0 Å². The van der Waals surface area contributed by atoms with Crippen molar-refractivity contribution in [3.8, 4) is 0 Å². The minimum atomic E-state index is -0.265. The molecule has 1 aliphatic heterocycles. The van der Waals surface area contributed by atoms with Crippen molar-refractivity contribution in [1.82, 2.24) is 0 Å². The summed E-state index contributed by atoms with van der Waals surface area (Å²) in [6.07, 6.45) is 7.86. The molecule has 0 spiro atoms. The Bertz CT molecular complexity index is 539. The number of benzene rings is 1. The molecule has 1 aromatic carbocycles. The van der Waals surface area contributed by atoms with Crippen molar-refractivity contribution in [3.63, 3.8) is 0 Å². The second kappa shape index (κ2) is 7.21. The highest BCUT2D eigenvalue weighted by Crippen LogP contribution is 2.33. The van der Waals surface area contributed by atoms with Crippen LogP contribution in [-0.4, -0.2) is 13.2 Å². The average Bonchev–Trinajstić information content (AvgIpc) is 2.57. The summed E-state index contributed by atoms with van der Waals surface area (Å²) in [5, 5.41) is 0. The number of hydrogen-bond acceptors (Lipinski definition) is 2. The Morgan fingerprint density at radius 3 is 2.36 bits per heavy atom. The summed E-state index contributed by atoms with van der Waals surface area (Å²) in [6.45, 7) is 3.41. The first-order valence-electron chi connectivity index (χ1n) is 8.06. The lowest BCUT2D eigenvalue weighted by Crippen LogP contribution is -2.25.